The third kappa shape index (κ3) is 4.23. The van der Waals surface area contributed by atoms with E-state index in [1.807, 2.05) is 12.1 Å². The normalized spacial score (nSPS) is 20.0. The highest BCUT2D eigenvalue weighted by Crippen LogP contribution is 2.30. The minimum absolute atomic E-state index is 0.0227. The van der Waals surface area contributed by atoms with Crippen LogP contribution in [0.2, 0.25) is 0 Å². The van der Waals surface area contributed by atoms with Gasteiger partial charge in [0.05, 0.1) is 19.3 Å². The van der Waals surface area contributed by atoms with Gasteiger partial charge in [0.15, 0.2) is 6.61 Å². The number of benzene rings is 1. The molecular weight excluding hydrogens is 354 g/mol. The van der Waals surface area contributed by atoms with E-state index in [-0.39, 0.29) is 12.5 Å². The summed E-state index contributed by atoms with van der Waals surface area (Å²) in [5, 5.41) is 0. The molecule has 2 aliphatic heterocycles. The van der Waals surface area contributed by atoms with E-state index in [0.717, 1.165) is 31.8 Å². The summed E-state index contributed by atoms with van der Waals surface area (Å²) in [5.74, 6) is 0.763. The third-order valence-corrected chi connectivity index (χ3v) is 5.70. The largest absolute Gasteiger partial charge is 0.484 e. The Kier molecular flexibility index (Phi) is 5.98. The molecule has 0 N–H and O–H groups in total. The number of morpholine rings is 1. The van der Waals surface area contributed by atoms with Crippen LogP contribution in [0.25, 0.3) is 0 Å². The van der Waals surface area contributed by atoms with E-state index in [1.165, 1.54) is 11.3 Å². The predicted molar refractivity (Wildman–Crippen MR) is 107 cm³/mol. The van der Waals surface area contributed by atoms with Crippen molar-refractivity contribution in [3.05, 3.63) is 53.9 Å². The minimum atomic E-state index is 0.0227. The van der Waals surface area contributed by atoms with Crippen LogP contribution in [-0.2, 0) is 22.6 Å². The molecule has 0 saturated carbocycles. The maximum Gasteiger partial charge on any atom is 0.260 e. The van der Waals surface area contributed by atoms with Crippen molar-refractivity contribution in [2.45, 2.75) is 32.5 Å². The van der Waals surface area contributed by atoms with Crippen LogP contribution >= 0.6 is 0 Å². The van der Waals surface area contributed by atoms with Crippen molar-refractivity contribution < 1.29 is 14.3 Å². The van der Waals surface area contributed by atoms with Gasteiger partial charge in [-0.2, -0.15) is 0 Å². The second-order valence-corrected chi connectivity index (χ2v) is 7.45. The zero-order valence-electron chi connectivity index (χ0n) is 16.5. The quantitative estimate of drug-likeness (QED) is 0.770. The highest BCUT2D eigenvalue weighted by atomic mass is 16.5. The molecule has 0 radical (unpaired) electrons. The van der Waals surface area contributed by atoms with Crippen LogP contribution in [0.1, 0.15) is 30.6 Å². The SMILES string of the molecule is CC[C@@H]1c2cccn2CCN1Cc1ccc(OCC(=O)N2CCOCC2)cc1. The third-order valence-electron chi connectivity index (χ3n) is 5.70. The Balaban J connectivity index is 1.31. The zero-order chi connectivity index (χ0) is 19.3. The predicted octanol–water partition coefficient (Wildman–Crippen LogP) is 2.69. The van der Waals surface area contributed by atoms with Crippen LogP contribution in [0.15, 0.2) is 42.6 Å². The van der Waals surface area contributed by atoms with Gasteiger partial charge in [0.25, 0.3) is 5.91 Å². The Bertz CT molecular complexity index is 781. The Morgan fingerprint density at radius 1 is 1.11 bits per heavy atom. The summed E-state index contributed by atoms with van der Waals surface area (Å²) < 4.78 is 13.3. The number of ether oxygens (including phenoxy) is 2. The number of hydrogen-bond acceptors (Lipinski definition) is 4. The van der Waals surface area contributed by atoms with Crippen LogP contribution < -0.4 is 4.74 Å². The minimum Gasteiger partial charge on any atom is -0.484 e. The molecule has 0 bridgehead atoms. The summed E-state index contributed by atoms with van der Waals surface area (Å²) in [4.78, 5) is 16.5. The molecule has 4 rings (SSSR count). The lowest BCUT2D eigenvalue weighted by Gasteiger charge is -2.36. The number of aromatic nitrogens is 1. The molecule has 3 heterocycles. The summed E-state index contributed by atoms with van der Waals surface area (Å²) in [7, 11) is 0. The number of carbonyl (C=O) groups excluding carboxylic acids is 1. The molecule has 150 valence electrons. The zero-order valence-corrected chi connectivity index (χ0v) is 16.5. The molecule has 2 aromatic rings. The molecule has 0 unspecified atom stereocenters. The van der Waals surface area contributed by atoms with Gasteiger partial charge in [0.1, 0.15) is 5.75 Å². The summed E-state index contributed by atoms with van der Waals surface area (Å²) in [5.41, 5.74) is 2.68. The average Bonchev–Trinajstić information content (AvgIpc) is 3.22. The van der Waals surface area contributed by atoms with Gasteiger partial charge in [-0.3, -0.25) is 9.69 Å². The molecule has 1 saturated heterocycles. The molecule has 0 spiro atoms. The van der Waals surface area contributed by atoms with Crippen LogP contribution in [-0.4, -0.2) is 59.7 Å². The van der Waals surface area contributed by atoms with Crippen molar-refractivity contribution in [1.82, 2.24) is 14.4 Å². The van der Waals surface area contributed by atoms with Gasteiger partial charge >= 0.3 is 0 Å². The van der Waals surface area contributed by atoms with Gasteiger partial charge in [0, 0.05) is 44.6 Å². The lowest BCUT2D eigenvalue weighted by atomic mass is 10.1. The fourth-order valence-electron chi connectivity index (χ4n) is 4.14. The van der Waals surface area contributed by atoms with Crippen LogP contribution in [0.5, 0.6) is 5.75 Å². The van der Waals surface area contributed by atoms with E-state index in [4.69, 9.17) is 9.47 Å². The standard InChI is InChI=1S/C22H29N3O3/c1-2-20-21-4-3-9-23(21)10-11-25(20)16-18-5-7-19(8-6-18)28-17-22(26)24-12-14-27-15-13-24/h3-9,20H,2,10-17H2,1H3/t20-/m1/s1. The molecular formula is C22H29N3O3. The number of carbonyl (C=O) groups is 1. The molecule has 1 atom stereocenters. The molecule has 1 aromatic carbocycles. The second-order valence-electron chi connectivity index (χ2n) is 7.45. The van der Waals surface area contributed by atoms with Crippen molar-refractivity contribution in [3.63, 3.8) is 0 Å². The first-order chi connectivity index (χ1) is 13.7. The average molecular weight is 383 g/mol. The first-order valence-electron chi connectivity index (χ1n) is 10.2. The van der Waals surface area contributed by atoms with Gasteiger partial charge in [-0.15, -0.1) is 0 Å². The highest BCUT2D eigenvalue weighted by molar-refractivity contribution is 5.77. The highest BCUT2D eigenvalue weighted by Gasteiger charge is 2.25. The fourth-order valence-corrected chi connectivity index (χ4v) is 4.14. The summed E-state index contributed by atoms with van der Waals surface area (Å²) >= 11 is 0. The molecule has 2 aliphatic rings. The van der Waals surface area contributed by atoms with Gasteiger partial charge in [-0.25, -0.2) is 0 Å². The van der Waals surface area contributed by atoms with Gasteiger partial charge in [0.2, 0.25) is 0 Å². The number of hydrogen-bond donors (Lipinski definition) is 0. The van der Waals surface area contributed by atoms with Gasteiger partial charge in [-0.05, 0) is 36.2 Å². The summed E-state index contributed by atoms with van der Waals surface area (Å²) in [6, 6.07) is 13.0. The van der Waals surface area contributed by atoms with E-state index in [0.29, 0.717) is 32.3 Å². The van der Waals surface area contributed by atoms with Crippen LogP contribution in [0.4, 0.5) is 0 Å². The Morgan fingerprint density at radius 2 is 1.89 bits per heavy atom. The van der Waals surface area contributed by atoms with Crippen LogP contribution in [0.3, 0.4) is 0 Å². The number of amides is 1. The fraction of sp³-hybridized carbons (Fsp3) is 0.500. The molecule has 6 heteroatoms. The maximum atomic E-state index is 12.2. The molecule has 0 aliphatic carbocycles. The van der Waals surface area contributed by atoms with E-state index < -0.39 is 0 Å². The first kappa shape index (κ1) is 19.0. The smallest absolute Gasteiger partial charge is 0.260 e. The Labute approximate surface area is 166 Å². The lowest BCUT2D eigenvalue weighted by molar-refractivity contribution is -0.137. The molecule has 28 heavy (non-hydrogen) atoms. The molecule has 6 nitrogen and oxygen atoms in total. The molecule has 1 aromatic heterocycles. The summed E-state index contributed by atoms with van der Waals surface area (Å²) in [6.45, 7) is 7.90. The number of nitrogens with zero attached hydrogens (tertiary/aromatic N) is 3. The monoisotopic (exact) mass is 383 g/mol. The van der Waals surface area contributed by atoms with Gasteiger partial charge < -0.3 is 18.9 Å². The number of fused-ring (bicyclic) bond motifs is 1. The van der Waals surface area contributed by atoms with E-state index in [1.54, 1.807) is 4.90 Å². The second kappa shape index (κ2) is 8.80. The van der Waals surface area contributed by atoms with Crippen molar-refractivity contribution in [2.24, 2.45) is 0 Å². The van der Waals surface area contributed by atoms with Crippen molar-refractivity contribution in [1.29, 1.82) is 0 Å². The molecule has 1 amide bonds. The van der Waals surface area contributed by atoms with Crippen molar-refractivity contribution in [2.75, 3.05) is 39.5 Å². The summed E-state index contributed by atoms with van der Waals surface area (Å²) in [6.07, 6.45) is 3.29. The van der Waals surface area contributed by atoms with Crippen molar-refractivity contribution >= 4 is 5.91 Å². The first-order valence-corrected chi connectivity index (χ1v) is 10.2. The van der Waals surface area contributed by atoms with Crippen LogP contribution in [0, 0.1) is 0 Å². The van der Waals surface area contributed by atoms with Crippen molar-refractivity contribution in [3.8, 4) is 5.75 Å². The molecule has 1 fully saturated rings. The topological polar surface area (TPSA) is 46.9 Å². The van der Waals surface area contributed by atoms with E-state index in [2.05, 4.69) is 46.9 Å². The van der Waals surface area contributed by atoms with E-state index >= 15 is 0 Å². The lowest BCUT2D eigenvalue weighted by Crippen LogP contribution is -2.42. The maximum absolute atomic E-state index is 12.2. The number of rotatable bonds is 6. The Hall–Kier alpha value is -2.31. The van der Waals surface area contributed by atoms with E-state index in [9.17, 15) is 4.79 Å². The van der Waals surface area contributed by atoms with Gasteiger partial charge in [-0.1, -0.05) is 19.1 Å². The Morgan fingerprint density at radius 3 is 2.64 bits per heavy atom.